The number of nitrogens with one attached hydrogen (secondary N) is 1. The van der Waals surface area contributed by atoms with Gasteiger partial charge in [0.25, 0.3) is 0 Å². The van der Waals surface area contributed by atoms with Gasteiger partial charge in [-0.25, -0.2) is 0 Å². The Morgan fingerprint density at radius 3 is 2.66 bits per heavy atom. The quantitative estimate of drug-likeness (QED) is 0.475. The molecule has 4 rings (SSSR count). The minimum absolute atomic E-state index is 0.250. The minimum atomic E-state index is -0.512. The largest absolute Gasteiger partial charge is 0.493 e. The molecule has 0 spiro atoms. The summed E-state index contributed by atoms with van der Waals surface area (Å²) in [5.41, 5.74) is 2.93. The van der Waals surface area contributed by atoms with Crippen molar-refractivity contribution in [2.24, 2.45) is 0 Å². The molecule has 1 saturated heterocycles. The molecular weight excluding hydrogens is 406 g/mol. The second-order valence-electron chi connectivity index (χ2n) is 8.11. The van der Waals surface area contributed by atoms with Gasteiger partial charge < -0.3 is 29.3 Å². The molecule has 1 fully saturated rings. The minimum Gasteiger partial charge on any atom is -0.493 e. The van der Waals surface area contributed by atoms with Gasteiger partial charge in [0, 0.05) is 31.3 Å². The average Bonchev–Trinajstić information content (AvgIpc) is 3.51. The maximum absolute atomic E-state index is 10.3. The van der Waals surface area contributed by atoms with E-state index in [4.69, 9.17) is 14.0 Å². The molecule has 0 saturated carbocycles. The summed E-state index contributed by atoms with van der Waals surface area (Å²) in [5, 5.41) is 17.8. The van der Waals surface area contributed by atoms with E-state index < -0.39 is 6.10 Å². The van der Waals surface area contributed by atoms with E-state index in [0.717, 1.165) is 35.7 Å². The summed E-state index contributed by atoms with van der Waals surface area (Å²) in [6, 6.07) is 17.7. The van der Waals surface area contributed by atoms with E-state index in [2.05, 4.69) is 15.4 Å². The summed E-state index contributed by atoms with van der Waals surface area (Å²) in [5.74, 6) is 2.06. The first-order valence-electron chi connectivity index (χ1n) is 11.1. The molecule has 2 N–H and O–H groups in total. The van der Waals surface area contributed by atoms with Gasteiger partial charge in [0.05, 0.1) is 12.8 Å². The maximum Gasteiger partial charge on any atom is 0.167 e. The Labute approximate surface area is 188 Å². The topological polar surface area (TPSA) is 80.0 Å². The molecule has 2 aromatic carbocycles. The highest BCUT2D eigenvalue weighted by Gasteiger charge is 2.17. The molecular formula is C25H31N3O4. The fourth-order valence-electron chi connectivity index (χ4n) is 3.91. The molecule has 7 heteroatoms. The van der Waals surface area contributed by atoms with Crippen LogP contribution in [0.4, 0.5) is 0 Å². The molecule has 0 radical (unpaired) electrons. The number of β-amino-alcohol motifs (C(OH)–C–C–N with tert-alkyl or cyclic N) is 1. The van der Waals surface area contributed by atoms with Crippen LogP contribution in [-0.2, 0) is 13.1 Å². The molecule has 32 heavy (non-hydrogen) atoms. The molecule has 1 aromatic heterocycles. The number of methoxy groups -OCH3 is 1. The third-order valence-electron chi connectivity index (χ3n) is 5.58. The molecule has 7 nitrogen and oxygen atoms in total. The number of ether oxygens (including phenoxy) is 2. The van der Waals surface area contributed by atoms with Gasteiger partial charge in [0.2, 0.25) is 0 Å². The van der Waals surface area contributed by atoms with Crippen LogP contribution >= 0.6 is 0 Å². The molecule has 1 unspecified atom stereocenters. The Hall–Kier alpha value is -2.87. The first-order chi connectivity index (χ1) is 15.7. The van der Waals surface area contributed by atoms with Gasteiger partial charge in [-0.1, -0.05) is 41.6 Å². The number of nitrogens with zero attached hydrogens (tertiary/aromatic N) is 2. The number of hydrogen-bond donors (Lipinski definition) is 2. The van der Waals surface area contributed by atoms with E-state index in [1.54, 1.807) is 7.11 Å². The van der Waals surface area contributed by atoms with Crippen molar-refractivity contribution in [1.29, 1.82) is 0 Å². The van der Waals surface area contributed by atoms with Crippen LogP contribution in [0.25, 0.3) is 11.3 Å². The summed E-state index contributed by atoms with van der Waals surface area (Å²) in [4.78, 5) is 2.28. The van der Waals surface area contributed by atoms with Crippen molar-refractivity contribution < 1.29 is 19.1 Å². The molecule has 170 valence electrons. The van der Waals surface area contributed by atoms with Crippen molar-refractivity contribution in [3.05, 3.63) is 65.9 Å². The predicted octanol–water partition coefficient (Wildman–Crippen LogP) is 3.48. The number of hydrogen-bond acceptors (Lipinski definition) is 7. The lowest BCUT2D eigenvalue weighted by atomic mass is 10.1. The van der Waals surface area contributed by atoms with E-state index in [-0.39, 0.29) is 6.61 Å². The van der Waals surface area contributed by atoms with E-state index >= 15 is 0 Å². The van der Waals surface area contributed by atoms with Crippen LogP contribution in [0.3, 0.4) is 0 Å². The van der Waals surface area contributed by atoms with Gasteiger partial charge in [-0.15, -0.1) is 0 Å². The molecule has 1 atom stereocenters. The number of benzene rings is 2. The molecule has 1 aliphatic rings. The van der Waals surface area contributed by atoms with Gasteiger partial charge in [0.1, 0.15) is 12.7 Å². The second-order valence-corrected chi connectivity index (χ2v) is 8.11. The Morgan fingerprint density at radius 2 is 1.88 bits per heavy atom. The fourth-order valence-corrected chi connectivity index (χ4v) is 3.91. The van der Waals surface area contributed by atoms with Gasteiger partial charge in [-0.05, 0) is 43.6 Å². The van der Waals surface area contributed by atoms with Gasteiger partial charge in [-0.3, -0.25) is 0 Å². The van der Waals surface area contributed by atoms with Gasteiger partial charge in [0.15, 0.2) is 17.3 Å². The van der Waals surface area contributed by atoms with E-state index in [1.165, 1.54) is 12.8 Å². The Balaban J connectivity index is 1.26. The highest BCUT2D eigenvalue weighted by Crippen LogP contribution is 2.28. The fraction of sp³-hybridized carbons (Fsp3) is 0.400. The molecule has 0 bridgehead atoms. The Bertz CT molecular complexity index is 970. The summed E-state index contributed by atoms with van der Waals surface area (Å²) in [7, 11) is 1.63. The van der Waals surface area contributed by atoms with Crippen molar-refractivity contribution >= 4 is 0 Å². The highest BCUT2D eigenvalue weighted by atomic mass is 16.5. The lowest BCUT2D eigenvalue weighted by molar-refractivity contribution is 0.0747. The zero-order valence-electron chi connectivity index (χ0n) is 18.5. The van der Waals surface area contributed by atoms with E-state index in [0.29, 0.717) is 31.1 Å². The standard InChI is InChI=1S/C25H31N3O4/c1-30-25-13-19(9-10-23(25)31-18-22(29)17-28-11-5-6-12-28)15-26-16-21-14-24(32-27-21)20-7-3-2-4-8-20/h2-4,7-10,13-14,22,26,29H,5-6,11-12,15-18H2,1H3. The zero-order valence-corrected chi connectivity index (χ0v) is 18.5. The molecule has 1 aliphatic heterocycles. The van der Waals surface area contributed by atoms with Crippen LogP contribution in [0.2, 0.25) is 0 Å². The number of aliphatic hydroxyl groups is 1. The van der Waals surface area contributed by atoms with Crippen molar-refractivity contribution in [3.8, 4) is 22.8 Å². The Morgan fingerprint density at radius 1 is 1.06 bits per heavy atom. The monoisotopic (exact) mass is 437 g/mol. The molecule has 0 aliphatic carbocycles. The third-order valence-corrected chi connectivity index (χ3v) is 5.58. The van der Waals surface area contributed by atoms with Crippen LogP contribution < -0.4 is 14.8 Å². The first kappa shape index (κ1) is 22.3. The third kappa shape index (κ3) is 6.09. The summed E-state index contributed by atoms with van der Waals surface area (Å²) < 4.78 is 16.8. The van der Waals surface area contributed by atoms with Crippen LogP contribution in [-0.4, -0.2) is 54.6 Å². The van der Waals surface area contributed by atoms with Crippen molar-refractivity contribution in [2.45, 2.75) is 32.0 Å². The lowest BCUT2D eigenvalue weighted by Crippen LogP contribution is -2.33. The number of aliphatic hydroxyl groups excluding tert-OH is 1. The van der Waals surface area contributed by atoms with Crippen molar-refractivity contribution in [3.63, 3.8) is 0 Å². The summed E-state index contributed by atoms with van der Waals surface area (Å²) in [6.07, 6.45) is 1.91. The van der Waals surface area contributed by atoms with Crippen molar-refractivity contribution in [2.75, 3.05) is 33.4 Å². The smallest absolute Gasteiger partial charge is 0.167 e. The predicted molar refractivity (Wildman–Crippen MR) is 123 cm³/mol. The number of likely N-dealkylation sites (tertiary alicyclic amines) is 1. The average molecular weight is 438 g/mol. The molecule has 0 amide bonds. The van der Waals surface area contributed by atoms with Crippen LogP contribution in [0.5, 0.6) is 11.5 Å². The lowest BCUT2D eigenvalue weighted by Gasteiger charge is -2.20. The van der Waals surface area contributed by atoms with Crippen LogP contribution in [0.15, 0.2) is 59.1 Å². The van der Waals surface area contributed by atoms with Crippen molar-refractivity contribution in [1.82, 2.24) is 15.4 Å². The first-order valence-corrected chi connectivity index (χ1v) is 11.1. The second kappa shape index (κ2) is 11.1. The van der Waals surface area contributed by atoms with E-state index in [9.17, 15) is 5.11 Å². The molecule has 3 aromatic rings. The highest BCUT2D eigenvalue weighted by molar-refractivity contribution is 5.56. The number of aromatic nitrogens is 1. The Kier molecular flexibility index (Phi) is 7.77. The van der Waals surface area contributed by atoms with Crippen LogP contribution in [0, 0.1) is 0 Å². The summed E-state index contributed by atoms with van der Waals surface area (Å²) >= 11 is 0. The van der Waals surface area contributed by atoms with Gasteiger partial charge in [-0.2, -0.15) is 0 Å². The maximum atomic E-state index is 10.3. The van der Waals surface area contributed by atoms with Gasteiger partial charge >= 0.3 is 0 Å². The summed E-state index contributed by atoms with van der Waals surface area (Å²) in [6.45, 7) is 4.27. The SMILES string of the molecule is COc1cc(CNCc2cc(-c3ccccc3)on2)ccc1OCC(O)CN1CCCC1. The normalized spacial score (nSPS) is 15.1. The van der Waals surface area contributed by atoms with E-state index in [1.807, 2.05) is 54.6 Å². The number of rotatable bonds is 11. The van der Waals surface area contributed by atoms with Crippen LogP contribution in [0.1, 0.15) is 24.1 Å². The molecule has 2 heterocycles. The zero-order chi connectivity index (χ0) is 22.2.